The Hall–Kier alpha value is -4.41. The Bertz CT molecular complexity index is 1400. The number of H-pyrrole nitrogens is 1. The average molecular weight is 464 g/mol. The number of hydrogen-bond donors (Lipinski definition) is 2. The van der Waals surface area contributed by atoms with Gasteiger partial charge in [-0.25, -0.2) is 13.8 Å². The van der Waals surface area contributed by atoms with Gasteiger partial charge in [-0.15, -0.1) is 5.10 Å². The number of ether oxygens (including phenoxy) is 1. The SMILES string of the molecule is CN1C(=O)[C@@H](NC(=O)c2n[nH]c(Cc3c(F)cccc3F)n2)COc2ccc3cnccc3c21. The minimum Gasteiger partial charge on any atom is -0.489 e. The topological polar surface area (TPSA) is 113 Å². The molecule has 0 radical (unpaired) electrons. The third-order valence-corrected chi connectivity index (χ3v) is 5.57. The van der Waals surface area contributed by atoms with E-state index in [0.29, 0.717) is 11.4 Å². The molecule has 3 heterocycles. The van der Waals surface area contributed by atoms with Crippen LogP contribution in [0.25, 0.3) is 10.8 Å². The van der Waals surface area contributed by atoms with Crippen molar-refractivity contribution >= 4 is 28.3 Å². The van der Waals surface area contributed by atoms with Crippen LogP contribution >= 0.6 is 0 Å². The van der Waals surface area contributed by atoms with Gasteiger partial charge in [0, 0.05) is 42.2 Å². The van der Waals surface area contributed by atoms with Gasteiger partial charge in [-0.1, -0.05) is 6.07 Å². The molecule has 2 N–H and O–H groups in total. The summed E-state index contributed by atoms with van der Waals surface area (Å²) in [5.74, 6) is -2.24. The van der Waals surface area contributed by atoms with E-state index in [9.17, 15) is 18.4 Å². The molecule has 0 fully saturated rings. The smallest absolute Gasteiger partial charge is 0.291 e. The highest BCUT2D eigenvalue weighted by molar-refractivity contribution is 6.09. The van der Waals surface area contributed by atoms with Crippen LogP contribution < -0.4 is 15.0 Å². The zero-order valence-corrected chi connectivity index (χ0v) is 17.9. The molecule has 5 rings (SSSR count). The van der Waals surface area contributed by atoms with Crippen molar-refractivity contribution in [1.82, 2.24) is 25.5 Å². The minimum atomic E-state index is -1.01. The molecule has 0 unspecified atom stereocenters. The van der Waals surface area contributed by atoms with Gasteiger partial charge in [0.25, 0.3) is 11.8 Å². The Morgan fingerprint density at radius 2 is 2.03 bits per heavy atom. The molecule has 1 aliphatic heterocycles. The number of nitrogens with one attached hydrogen (secondary N) is 2. The van der Waals surface area contributed by atoms with Crippen molar-refractivity contribution in [2.24, 2.45) is 0 Å². The van der Waals surface area contributed by atoms with Crippen LogP contribution in [0.4, 0.5) is 14.5 Å². The number of fused-ring (bicyclic) bond motifs is 3. The fraction of sp³-hybridized carbons (Fsp3) is 0.174. The van der Waals surface area contributed by atoms with Gasteiger partial charge in [0.1, 0.15) is 35.9 Å². The molecule has 1 aliphatic rings. The third kappa shape index (κ3) is 3.81. The number of halogens is 2. The summed E-state index contributed by atoms with van der Waals surface area (Å²) in [6.45, 7) is -0.101. The number of benzene rings is 2. The van der Waals surface area contributed by atoms with Crippen LogP contribution in [0, 0.1) is 11.6 Å². The van der Waals surface area contributed by atoms with Crippen molar-refractivity contribution in [3.05, 3.63) is 77.6 Å². The van der Waals surface area contributed by atoms with Crippen molar-refractivity contribution in [1.29, 1.82) is 0 Å². The zero-order chi connectivity index (χ0) is 23.8. The van der Waals surface area contributed by atoms with Crippen LogP contribution in [-0.4, -0.2) is 51.7 Å². The second-order valence-corrected chi connectivity index (χ2v) is 7.73. The molecule has 0 aliphatic carbocycles. The van der Waals surface area contributed by atoms with Crippen LogP contribution in [0.3, 0.4) is 0 Å². The van der Waals surface area contributed by atoms with Gasteiger partial charge in [0.2, 0.25) is 5.82 Å². The van der Waals surface area contributed by atoms with E-state index >= 15 is 0 Å². The third-order valence-electron chi connectivity index (χ3n) is 5.57. The van der Waals surface area contributed by atoms with E-state index in [1.807, 2.05) is 6.07 Å². The largest absolute Gasteiger partial charge is 0.489 e. The maximum Gasteiger partial charge on any atom is 0.291 e. The molecular weight excluding hydrogens is 446 g/mol. The maximum absolute atomic E-state index is 13.9. The molecule has 0 bridgehead atoms. The predicted octanol–water partition coefficient (Wildman–Crippen LogP) is 2.38. The molecule has 0 saturated heterocycles. The predicted molar refractivity (Wildman–Crippen MR) is 117 cm³/mol. The van der Waals surface area contributed by atoms with Crippen LogP contribution in [0.1, 0.15) is 22.0 Å². The van der Waals surface area contributed by atoms with Crippen LogP contribution in [-0.2, 0) is 11.2 Å². The highest BCUT2D eigenvalue weighted by atomic mass is 19.1. The van der Waals surface area contributed by atoms with E-state index in [0.717, 1.165) is 22.9 Å². The second kappa shape index (κ2) is 8.50. The number of rotatable bonds is 4. The summed E-state index contributed by atoms with van der Waals surface area (Å²) < 4.78 is 33.6. The Balaban J connectivity index is 1.34. The van der Waals surface area contributed by atoms with Crippen LogP contribution in [0.2, 0.25) is 0 Å². The number of carbonyl (C=O) groups excluding carboxylic acids is 2. The van der Waals surface area contributed by atoms with Crippen LogP contribution in [0.15, 0.2) is 48.8 Å². The van der Waals surface area contributed by atoms with Gasteiger partial charge in [-0.2, -0.15) is 0 Å². The van der Waals surface area contributed by atoms with E-state index in [1.165, 1.54) is 11.0 Å². The molecule has 2 amide bonds. The van der Waals surface area contributed by atoms with E-state index < -0.39 is 23.6 Å². The first-order valence-electron chi connectivity index (χ1n) is 10.3. The highest BCUT2D eigenvalue weighted by Crippen LogP contribution is 2.37. The number of aromatic nitrogens is 4. The lowest BCUT2D eigenvalue weighted by molar-refractivity contribution is -0.120. The van der Waals surface area contributed by atoms with Gasteiger partial charge in [0.15, 0.2) is 0 Å². The van der Waals surface area contributed by atoms with E-state index in [-0.39, 0.29) is 36.1 Å². The molecule has 0 saturated carbocycles. The number of amides is 2. The molecule has 0 spiro atoms. The quantitative estimate of drug-likeness (QED) is 0.480. The summed E-state index contributed by atoms with van der Waals surface area (Å²) in [5, 5.41) is 10.5. The Morgan fingerprint density at radius 3 is 2.82 bits per heavy atom. The molecule has 9 nitrogen and oxygen atoms in total. The molecule has 34 heavy (non-hydrogen) atoms. The van der Waals surface area contributed by atoms with Gasteiger partial charge < -0.3 is 15.0 Å². The summed E-state index contributed by atoms with van der Waals surface area (Å²) in [6.07, 6.45) is 3.09. The lowest BCUT2D eigenvalue weighted by Gasteiger charge is -2.21. The van der Waals surface area contributed by atoms with Crippen LogP contribution in [0.5, 0.6) is 5.75 Å². The molecule has 2 aromatic carbocycles. The van der Waals surface area contributed by atoms with Crippen molar-refractivity contribution < 1.29 is 23.1 Å². The first kappa shape index (κ1) is 21.4. The molecule has 1 atom stereocenters. The average Bonchev–Trinajstić information content (AvgIpc) is 3.27. The van der Waals surface area contributed by atoms with E-state index in [4.69, 9.17) is 4.74 Å². The summed E-state index contributed by atoms with van der Waals surface area (Å²) in [6, 6.07) is 7.89. The second-order valence-electron chi connectivity index (χ2n) is 7.73. The van der Waals surface area contributed by atoms with Crippen molar-refractivity contribution in [2.45, 2.75) is 12.5 Å². The number of aromatic amines is 1. The van der Waals surface area contributed by atoms with Crippen molar-refractivity contribution in [3.63, 3.8) is 0 Å². The monoisotopic (exact) mass is 464 g/mol. The number of anilines is 1. The van der Waals surface area contributed by atoms with E-state index in [1.54, 1.807) is 31.6 Å². The summed E-state index contributed by atoms with van der Waals surface area (Å²) >= 11 is 0. The summed E-state index contributed by atoms with van der Waals surface area (Å²) in [4.78, 5) is 35.4. The first-order chi connectivity index (χ1) is 16.4. The fourth-order valence-electron chi connectivity index (χ4n) is 3.85. The molecule has 4 aromatic rings. The lowest BCUT2D eigenvalue weighted by atomic mass is 10.1. The maximum atomic E-state index is 13.9. The standard InChI is InChI=1S/C23H18F2N6O3/c1-31-20-13-7-8-26-10-12(13)5-6-18(20)34-11-17(23(31)33)27-22(32)21-28-19(29-30-21)9-14-15(24)3-2-4-16(14)25/h2-8,10,17H,9,11H2,1H3,(H,27,32)(H,28,29,30)/t17-/m0/s1. The van der Waals surface area contributed by atoms with Crippen molar-refractivity contribution in [3.8, 4) is 5.75 Å². The highest BCUT2D eigenvalue weighted by Gasteiger charge is 2.32. The van der Waals surface area contributed by atoms with Gasteiger partial charge in [-0.05, 0) is 30.3 Å². The Labute approximate surface area is 191 Å². The van der Waals surface area contributed by atoms with Gasteiger partial charge in [-0.3, -0.25) is 19.7 Å². The number of nitrogens with zero attached hydrogens (tertiary/aromatic N) is 4. The van der Waals surface area contributed by atoms with Gasteiger partial charge in [0.05, 0.1) is 5.69 Å². The Morgan fingerprint density at radius 1 is 1.24 bits per heavy atom. The lowest BCUT2D eigenvalue weighted by Crippen LogP contribution is -2.49. The number of hydrogen-bond acceptors (Lipinski definition) is 6. The normalized spacial score (nSPS) is 15.6. The minimum absolute atomic E-state index is 0.0993. The molecule has 172 valence electrons. The van der Waals surface area contributed by atoms with Crippen molar-refractivity contribution in [2.75, 3.05) is 18.6 Å². The number of carbonyl (C=O) groups is 2. The van der Waals surface area contributed by atoms with E-state index in [2.05, 4.69) is 25.5 Å². The summed E-state index contributed by atoms with van der Waals surface area (Å²) in [7, 11) is 1.60. The fourth-order valence-corrected chi connectivity index (χ4v) is 3.85. The molecule has 11 heteroatoms. The Kier molecular flexibility index (Phi) is 5.36. The number of likely N-dealkylation sites (N-methyl/N-ethyl adjacent to an activating group) is 1. The molecular formula is C23H18F2N6O3. The summed E-state index contributed by atoms with van der Waals surface area (Å²) in [5.41, 5.74) is 0.383. The first-order valence-corrected chi connectivity index (χ1v) is 10.3. The number of pyridine rings is 1. The van der Waals surface area contributed by atoms with Gasteiger partial charge >= 0.3 is 0 Å². The zero-order valence-electron chi connectivity index (χ0n) is 17.9. The molecule has 2 aromatic heterocycles.